The zero-order chi connectivity index (χ0) is 18.0. The van der Waals surface area contributed by atoms with Crippen LogP contribution in [0.4, 0.5) is 0 Å². The molecule has 0 atom stereocenters. The Kier molecular flexibility index (Phi) is 4.96. The third-order valence-electron chi connectivity index (χ3n) is 4.38. The van der Waals surface area contributed by atoms with Crippen LogP contribution in [-0.2, 0) is 15.8 Å². The molecule has 1 aromatic carbocycles. The van der Waals surface area contributed by atoms with Gasteiger partial charge in [-0.05, 0) is 25.5 Å². The molecule has 1 fully saturated rings. The summed E-state index contributed by atoms with van der Waals surface area (Å²) in [6, 6.07) is 10.9. The van der Waals surface area contributed by atoms with Gasteiger partial charge in [0.2, 0.25) is 10.0 Å². The summed E-state index contributed by atoms with van der Waals surface area (Å²) in [5.74, 6) is 1.18. The molecular formula is C18H22N2O4S. The van der Waals surface area contributed by atoms with E-state index in [9.17, 15) is 13.2 Å². The SMILES string of the molecule is Cc1cc(C(=O)N2CCN(S(=O)(=O)Cc3ccccc3)CC2)c(C)o1. The van der Waals surface area contributed by atoms with E-state index in [-0.39, 0.29) is 11.7 Å². The summed E-state index contributed by atoms with van der Waals surface area (Å²) < 4.78 is 32.0. The number of carbonyl (C=O) groups is 1. The fourth-order valence-corrected chi connectivity index (χ4v) is 4.57. The molecule has 0 aliphatic carbocycles. The minimum atomic E-state index is -3.38. The molecule has 1 aliphatic rings. The highest BCUT2D eigenvalue weighted by molar-refractivity contribution is 7.88. The maximum Gasteiger partial charge on any atom is 0.257 e. The number of nitrogens with zero attached hydrogens (tertiary/aromatic N) is 2. The van der Waals surface area contributed by atoms with Crippen molar-refractivity contribution in [2.24, 2.45) is 0 Å². The Morgan fingerprint density at radius 3 is 2.28 bits per heavy atom. The summed E-state index contributed by atoms with van der Waals surface area (Å²) in [6.07, 6.45) is 0. The molecule has 0 unspecified atom stereocenters. The summed E-state index contributed by atoms with van der Waals surface area (Å²) in [7, 11) is -3.38. The van der Waals surface area contributed by atoms with Gasteiger partial charge in [0.25, 0.3) is 5.91 Å². The molecule has 0 N–H and O–H groups in total. The van der Waals surface area contributed by atoms with Gasteiger partial charge < -0.3 is 9.32 Å². The zero-order valence-electron chi connectivity index (χ0n) is 14.4. The van der Waals surface area contributed by atoms with Crippen molar-refractivity contribution in [1.29, 1.82) is 0 Å². The number of rotatable bonds is 4. The van der Waals surface area contributed by atoms with Crippen LogP contribution in [0.1, 0.15) is 27.4 Å². The van der Waals surface area contributed by atoms with E-state index in [2.05, 4.69) is 0 Å². The Balaban J connectivity index is 1.63. The molecule has 1 saturated heterocycles. The van der Waals surface area contributed by atoms with Crippen molar-refractivity contribution in [3.8, 4) is 0 Å². The maximum atomic E-state index is 12.6. The molecule has 1 amide bonds. The van der Waals surface area contributed by atoms with E-state index in [1.54, 1.807) is 36.9 Å². The Morgan fingerprint density at radius 1 is 1.08 bits per heavy atom. The van der Waals surface area contributed by atoms with Crippen LogP contribution in [0.2, 0.25) is 0 Å². The number of hydrogen-bond acceptors (Lipinski definition) is 4. The summed E-state index contributed by atoms with van der Waals surface area (Å²) in [5.41, 5.74) is 1.32. The van der Waals surface area contributed by atoms with E-state index in [1.165, 1.54) is 4.31 Å². The van der Waals surface area contributed by atoms with Crippen molar-refractivity contribution in [3.05, 3.63) is 59.0 Å². The second-order valence-electron chi connectivity index (χ2n) is 6.26. The molecule has 0 radical (unpaired) electrons. The standard InChI is InChI=1S/C18H22N2O4S/c1-14-12-17(15(2)24-14)18(21)19-8-10-20(11-9-19)25(22,23)13-16-6-4-3-5-7-16/h3-7,12H,8-11,13H2,1-2H3. The molecule has 3 rings (SSSR count). The Labute approximate surface area is 148 Å². The smallest absolute Gasteiger partial charge is 0.257 e. The van der Waals surface area contributed by atoms with Gasteiger partial charge in [0.1, 0.15) is 11.5 Å². The number of furan rings is 1. The summed E-state index contributed by atoms with van der Waals surface area (Å²) in [5, 5.41) is 0. The number of amides is 1. The molecule has 1 aromatic heterocycles. The first-order chi connectivity index (χ1) is 11.9. The molecule has 25 heavy (non-hydrogen) atoms. The number of aryl methyl sites for hydroxylation is 2. The van der Waals surface area contributed by atoms with Crippen molar-refractivity contribution in [2.75, 3.05) is 26.2 Å². The molecule has 2 aromatic rings. The summed E-state index contributed by atoms with van der Waals surface area (Å²) in [4.78, 5) is 14.3. The van der Waals surface area contributed by atoms with Crippen LogP contribution in [0.15, 0.2) is 40.8 Å². The Hall–Kier alpha value is -2.12. The highest BCUT2D eigenvalue weighted by Crippen LogP contribution is 2.19. The molecule has 1 aliphatic heterocycles. The first kappa shape index (κ1) is 17.7. The number of sulfonamides is 1. The van der Waals surface area contributed by atoms with E-state index in [0.717, 1.165) is 5.56 Å². The molecular weight excluding hydrogens is 340 g/mol. The van der Waals surface area contributed by atoms with Gasteiger partial charge in [0, 0.05) is 26.2 Å². The number of benzene rings is 1. The molecule has 0 saturated carbocycles. The van der Waals surface area contributed by atoms with Gasteiger partial charge in [-0.3, -0.25) is 4.79 Å². The van der Waals surface area contributed by atoms with Crippen molar-refractivity contribution in [2.45, 2.75) is 19.6 Å². The Bertz CT molecular complexity index is 850. The quantitative estimate of drug-likeness (QED) is 0.836. The second-order valence-corrected chi connectivity index (χ2v) is 8.23. The van der Waals surface area contributed by atoms with Crippen LogP contribution in [0.25, 0.3) is 0 Å². The van der Waals surface area contributed by atoms with E-state index in [4.69, 9.17) is 4.42 Å². The summed E-state index contributed by atoms with van der Waals surface area (Å²) in [6.45, 7) is 4.97. The monoisotopic (exact) mass is 362 g/mol. The van der Waals surface area contributed by atoms with Crippen LogP contribution in [0, 0.1) is 13.8 Å². The van der Waals surface area contributed by atoms with E-state index in [1.807, 2.05) is 18.2 Å². The average Bonchev–Trinajstić information content (AvgIpc) is 2.93. The average molecular weight is 362 g/mol. The first-order valence-corrected chi connectivity index (χ1v) is 9.86. The zero-order valence-corrected chi connectivity index (χ0v) is 15.3. The molecule has 0 bridgehead atoms. The van der Waals surface area contributed by atoms with Gasteiger partial charge in [0.05, 0.1) is 11.3 Å². The molecule has 6 nitrogen and oxygen atoms in total. The van der Waals surface area contributed by atoms with Crippen molar-refractivity contribution >= 4 is 15.9 Å². The molecule has 134 valence electrons. The lowest BCUT2D eigenvalue weighted by Gasteiger charge is -2.34. The van der Waals surface area contributed by atoms with Crippen LogP contribution >= 0.6 is 0 Å². The van der Waals surface area contributed by atoms with Gasteiger partial charge in [-0.2, -0.15) is 4.31 Å². The third kappa shape index (κ3) is 3.93. The van der Waals surface area contributed by atoms with E-state index in [0.29, 0.717) is 43.3 Å². The van der Waals surface area contributed by atoms with Crippen molar-refractivity contribution in [3.63, 3.8) is 0 Å². The van der Waals surface area contributed by atoms with Crippen LogP contribution in [0.3, 0.4) is 0 Å². The van der Waals surface area contributed by atoms with Gasteiger partial charge in [-0.15, -0.1) is 0 Å². The molecule has 0 spiro atoms. The lowest BCUT2D eigenvalue weighted by atomic mass is 10.2. The van der Waals surface area contributed by atoms with Crippen LogP contribution in [-0.4, -0.2) is 49.7 Å². The fraction of sp³-hybridized carbons (Fsp3) is 0.389. The van der Waals surface area contributed by atoms with Crippen molar-refractivity contribution < 1.29 is 17.6 Å². The van der Waals surface area contributed by atoms with Gasteiger partial charge >= 0.3 is 0 Å². The second kappa shape index (κ2) is 7.01. The predicted octanol–water partition coefficient (Wildman–Crippen LogP) is 2.18. The molecule has 7 heteroatoms. The highest BCUT2D eigenvalue weighted by Gasteiger charge is 2.30. The van der Waals surface area contributed by atoms with Gasteiger partial charge in [-0.25, -0.2) is 8.42 Å². The minimum Gasteiger partial charge on any atom is -0.466 e. The summed E-state index contributed by atoms with van der Waals surface area (Å²) >= 11 is 0. The number of carbonyl (C=O) groups excluding carboxylic acids is 1. The topological polar surface area (TPSA) is 70.8 Å². The lowest BCUT2D eigenvalue weighted by molar-refractivity contribution is 0.0696. The van der Waals surface area contributed by atoms with Gasteiger partial charge in [-0.1, -0.05) is 30.3 Å². The lowest BCUT2D eigenvalue weighted by Crippen LogP contribution is -2.50. The van der Waals surface area contributed by atoms with Gasteiger partial charge in [0.15, 0.2) is 0 Å². The number of piperazine rings is 1. The highest BCUT2D eigenvalue weighted by atomic mass is 32.2. The largest absolute Gasteiger partial charge is 0.466 e. The first-order valence-electron chi connectivity index (χ1n) is 8.25. The van der Waals surface area contributed by atoms with E-state index < -0.39 is 10.0 Å². The fourth-order valence-electron chi connectivity index (χ4n) is 3.06. The normalized spacial score (nSPS) is 16.2. The van der Waals surface area contributed by atoms with Crippen molar-refractivity contribution in [1.82, 2.24) is 9.21 Å². The van der Waals surface area contributed by atoms with Crippen LogP contribution < -0.4 is 0 Å². The van der Waals surface area contributed by atoms with Crippen LogP contribution in [0.5, 0.6) is 0 Å². The third-order valence-corrected chi connectivity index (χ3v) is 6.23. The maximum absolute atomic E-state index is 12.6. The molecule has 2 heterocycles. The van der Waals surface area contributed by atoms with E-state index >= 15 is 0 Å². The predicted molar refractivity (Wildman–Crippen MR) is 94.7 cm³/mol. The number of hydrogen-bond donors (Lipinski definition) is 0. The minimum absolute atomic E-state index is 0.0121. The Morgan fingerprint density at radius 2 is 1.72 bits per heavy atom.